The molecule has 1 aliphatic rings. The van der Waals surface area contributed by atoms with Gasteiger partial charge in [-0.1, -0.05) is 17.7 Å². The molecule has 1 saturated heterocycles. The van der Waals surface area contributed by atoms with E-state index in [9.17, 15) is 4.79 Å². The van der Waals surface area contributed by atoms with Crippen LogP contribution in [0.2, 0.25) is 0 Å². The average molecular weight is 297 g/mol. The predicted octanol–water partition coefficient (Wildman–Crippen LogP) is 2.91. The molecule has 1 aromatic rings. The van der Waals surface area contributed by atoms with Crippen LogP contribution in [0.5, 0.6) is 0 Å². The third-order valence-electron chi connectivity index (χ3n) is 3.84. The molecule has 0 unspecified atom stereocenters. The Hall–Kier alpha value is -1.06. The van der Waals surface area contributed by atoms with Gasteiger partial charge in [0.1, 0.15) is 0 Å². The summed E-state index contributed by atoms with van der Waals surface area (Å²) in [6.07, 6.45) is 3.52. The molecule has 1 amide bonds. The molecule has 0 bridgehead atoms. The predicted molar refractivity (Wildman–Crippen MR) is 85.9 cm³/mol. The molecule has 0 aromatic heterocycles. The number of amides is 1. The lowest BCUT2D eigenvalue weighted by Crippen LogP contribution is -2.31. The highest BCUT2D eigenvalue weighted by molar-refractivity contribution is 5.97. The Morgan fingerprint density at radius 2 is 1.95 bits per heavy atom. The molecule has 0 aliphatic carbocycles. The van der Waals surface area contributed by atoms with Gasteiger partial charge >= 0.3 is 0 Å². The minimum Gasteiger partial charge on any atom is -0.352 e. The Balaban J connectivity index is 0.00000200. The van der Waals surface area contributed by atoms with Gasteiger partial charge in [0.05, 0.1) is 0 Å². The zero-order valence-corrected chi connectivity index (χ0v) is 13.4. The number of nitrogens with one attached hydrogen (secondary N) is 2. The van der Waals surface area contributed by atoms with Gasteiger partial charge in [-0.25, -0.2) is 0 Å². The van der Waals surface area contributed by atoms with Crippen LogP contribution in [-0.4, -0.2) is 25.0 Å². The van der Waals surface area contributed by atoms with E-state index in [1.54, 1.807) is 0 Å². The van der Waals surface area contributed by atoms with Crippen LogP contribution < -0.4 is 10.6 Å². The van der Waals surface area contributed by atoms with Crippen molar-refractivity contribution in [2.75, 3.05) is 13.1 Å². The monoisotopic (exact) mass is 296 g/mol. The lowest BCUT2D eigenvalue weighted by Gasteiger charge is -2.13. The maximum Gasteiger partial charge on any atom is 0.251 e. The molecule has 20 heavy (non-hydrogen) atoms. The quantitative estimate of drug-likeness (QED) is 0.897. The van der Waals surface area contributed by atoms with E-state index in [0.717, 1.165) is 36.2 Å². The molecule has 1 heterocycles. The number of halogens is 1. The van der Waals surface area contributed by atoms with Crippen molar-refractivity contribution < 1.29 is 4.79 Å². The van der Waals surface area contributed by atoms with Crippen molar-refractivity contribution in [3.05, 3.63) is 34.4 Å². The van der Waals surface area contributed by atoms with Crippen molar-refractivity contribution in [1.29, 1.82) is 0 Å². The number of carbonyl (C=O) groups excluding carboxylic acids is 1. The van der Waals surface area contributed by atoms with Crippen molar-refractivity contribution in [3.63, 3.8) is 0 Å². The lowest BCUT2D eigenvalue weighted by atomic mass is 9.99. The van der Waals surface area contributed by atoms with Crippen LogP contribution in [-0.2, 0) is 0 Å². The molecule has 112 valence electrons. The van der Waals surface area contributed by atoms with Gasteiger partial charge in [0.25, 0.3) is 5.91 Å². The molecule has 4 heteroatoms. The second-order valence-electron chi connectivity index (χ2n) is 5.61. The van der Waals surface area contributed by atoms with Gasteiger partial charge in [-0.05, 0) is 57.7 Å². The van der Waals surface area contributed by atoms with Crippen LogP contribution in [0.4, 0.5) is 0 Å². The van der Waals surface area contributed by atoms with Gasteiger partial charge in [-0.2, -0.15) is 0 Å². The van der Waals surface area contributed by atoms with Crippen LogP contribution in [0.3, 0.4) is 0 Å². The van der Waals surface area contributed by atoms with Crippen molar-refractivity contribution in [3.8, 4) is 0 Å². The maximum atomic E-state index is 12.2. The van der Waals surface area contributed by atoms with E-state index in [-0.39, 0.29) is 18.3 Å². The van der Waals surface area contributed by atoms with Crippen molar-refractivity contribution in [2.24, 2.45) is 0 Å². The highest BCUT2D eigenvalue weighted by Crippen LogP contribution is 2.16. The van der Waals surface area contributed by atoms with Crippen molar-refractivity contribution >= 4 is 18.3 Å². The largest absolute Gasteiger partial charge is 0.352 e. The van der Waals surface area contributed by atoms with Crippen LogP contribution in [0.25, 0.3) is 0 Å². The maximum absolute atomic E-state index is 12.2. The molecule has 0 spiro atoms. The highest BCUT2D eigenvalue weighted by Gasteiger charge is 2.15. The summed E-state index contributed by atoms with van der Waals surface area (Å²) in [6.45, 7) is 7.95. The van der Waals surface area contributed by atoms with Crippen LogP contribution >= 0.6 is 12.4 Å². The molecule has 1 atom stereocenters. The summed E-state index contributed by atoms with van der Waals surface area (Å²) in [7, 11) is 0. The topological polar surface area (TPSA) is 41.1 Å². The standard InChI is InChI=1S/C16H24N2O.ClH/c1-11-9-12(2)15(13(3)10-11)16(19)18-8-6-14-5-4-7-17-14;/h9-10,14,17H,4-8H2,1-3H3,(H,18,19);1H/t14-;/m1./s1. The summed E-state index contributed by atoms with van der Waals surface area (Å²) in [4.78, 5) is 12.2. The summed E-state index contributed by atoms with van der Waals surface area (Å²) in [5.74, 6) is 0.0630. The fourth-order valence-corrected chi connectivity index (χ4v) is 2.99. The second kappa shape index (κ2) is 7.65. The number of hydrogen-bond donors (Lipinski definition) is 2. The third-order valence-corrected chi connectivity index (χ3v) is 3.84. The van der Waals surface area contributed by atoms with Gasteiger partial charge in [0, 0.05) is 18.2 Å². The van der Waals surface area contributed by atoms with E-state index in [0.29, 0.717) is 6.04 Å². The third kappa shape index (κ3) is 4.22. The Morgan fingerprint density at radius 3 is 2.50 bits per heavy atom. The van der Waals surface area contributed by atoms with Gasteiger partial charge < -0.3 is 10.6 Å². The van der Waals surface area contributed by atoms with Gasteiger partial charge in [0.2, 0.25) is 0 Å². The first-order valence-electron chi connectivity index (χ1n) is 7.17. The average Bonchev–Trinajstić information content (AvgIpc) is 2.80. The number of benzene rings is 1. The molecule has 2 rings (SSSR count). The molecule has 3 nitrogen and oxygen atoms in total. The summed E-state index contributed by atoms with van der Waals surface area (Å²) in [5.41, 5.74) is 4.18. The van der Waals surface area contributed by atoms with E-state index in [4.69, 9.17) is 0 Å². The Bertz CT molecular complexity index is 445. The molecule has 2 N–H and O–H groups in total. The van der Waals surface area contributed by atoms with E-state index < -0.39 is 0 Å². The van der Waals surface area contributed by atoms with E-state index in [2.05, 4.69) is 29.7 Å². The Kier molecular flexibility index (Phi) is 6.50. The van der Waals surface area contributed by atoms with Gasteiger partial charge in [-0.15, -0.1) is 12.4 Å². The van der Waals surface area contributed by atoms with Gasteiger partial charge in [0.15, 0.2) is 0 Å². The normalized spacial score (nSPS) is 17.6. The van der Waals surface area contributed by atoms with Crippen LogP contribution in [0, 0.1) is 20.8 Å². The highest BCUT2D eigenvalue weighted by atomic mass is 35.5. The Morgan fingerprint density at radius 1 is 1.30 bits per heavy atom. The zero-order valence-electron chi connectivity index (χ0n) is 12.6. The summed E-state index contributed by atoms with van der Waals surface area (Å²) >= 11 is 0. The molecular formula is C16H25ClN2O. The summed E-state index contributed by atoms with van der Waals surface area (Å²) < 4.78 is 0. The van der Waals surface area contributed by atoms with Gasteiger partial charge in [-0.3, -0.25) is 4.79 Å². The summed E-state index contributed by atoms with van der Waals surface area (Å²) in [6, 6.07) is 4.72. The molecular weight excluding hydrogens is 272 g/mol. The number of aryl methyl sites for hydroxylation is 3. The van der Waals surface area contributed by atoms with Crippen molar-refractivity contribution in [2.45, 2.75) is 46.1 Å². The molecule has 1 aliphatic heterocycles. The molecule has 1 fully saturated rings. The van der Waals surface area contributed by atoms with E-state index in [1.165, 1.54) is 18.4 Å². The number of carbonyl (C=O) groups is 1. The number of rotatable bonds is 4. The zero-order chi connectivity index (χ0) is 13.8. The minimum absolute atomic E-state index is 0. The van der Waals surface area contributed by atoms with Crippen molar-refractivity contribution in [1.82, 2.24) is 10.6 Å². The smallest absolute Gasteiger partial charge is 0.251 e. The van der Waals surface area contributed by atoms with E-state index in [1.807, 2.05) is 13.8 Å². The van der Waals surface area contributed by atoms with Crippen LogP contribution in [0.1, 0.15) is 46.3 Å². The fraction of sp³-hybridized carbons (Fsp3) is 0.562. The first kappa shape index (κ1) is 17.0. The van der Waals surface area contributed by atoms with Crippen LogP contribution in [0.15, 0.2) is 12.1 Å². The minimum atomic E-state index is 0. The SMILES string of the molecule is Cc1cc(C)c(C(=O)NCC[C@H]2CCCN2)c(C)c1.Cl. The lowest BCUT2D eigenvalue weighted by molar-refractivity contribution is 0.0951. The fourth-order valence-electron chi connectivity index (χ4n) is 2.99. The first-order chi connectivity index (χ1) is 9.08. The Labute approximate surface area is 127 Å². The molecule has 0 saturated carbocycles. The first-order valence-corrected chi connectivity index (χ1v) is 7.17. The summed E-state index contributed by atoms with van der Waals surface area (Å²) in [5, 5.41) is 6.50. The molecule has 0 radical (unpaired) electrons. The number of hydrogen-bond acceptors (Lipinski definition) is 2. The van der Waals surface area contributed by atoms with E-state index >= 15 is 0 Å². The second-order valence-corrected chi connectivity index (χ2v) is 5.61. The molecule has 1 aromatic carbocycles.